The van der Waals surface area contributed by atoms with Crippen molar-refractivity contribution in [2.45, 2.75) is 44.6 Å². The number of rotatable bonds is 9. The highest BCUT2D eigenvalue weighted by molar-refractivity contribution is 7.92. The first-order valence-electron chi connectivity index (χ1n) is 14.0. The summed E-state index contributed by atoms with van der Waals surface area (Å²) < 4.78 is 76.5. The summed E-state index contributed by atoms with van der Waals surface area (Å²) in [5.41, 5.74) is 1.01. The lowest BCUT2D eigenvalue weighted by Gasteiger charge is -2.29. The summed E-state index contributed by atoms with van der Waals surface area (Å²) in [5, 5.41) is 7.10. The molecule has 2 heterocycles. The van der Waals surface area contributed by atoms with E-state index in [4.69, 9.17) is 16.3 Å². The van der Waals surface area contributed by atoms with Gasteiger partial charge in [-0.2, -0.15) is 0 Å². The van der Waals surface area contributed by atoms with Crippen molar-refractivity contribution in [1.82, 2.24) is 5.32 Å². The number of hydrogen-bond donors (Lipinski definition) is 3. The maximum absolute atomic E-state index is 13.3. The third kappa shape index (κ3) is 8.60. The number of alkyl halides is 3. The predicted molar refractivity (Wildman–Crippen MR) is 171 cm³/mol. The van der Waals surface area contributed by atoms with Gasteiger partial charge in [0.25, 0.3) is 5.91 Å². The average Bonchev–Trinajstić information content (AvgIpc) is 3.35. The molecule has 1 aromatic heterocycles. The molecule has 1 aliphatic heterocycles. The molecule has 0 bridgehead atoms. The van der Waals surface area contributed by atoms with Crippen LogP contribution in [0.2, 0.25) is 5.02 Å². The van der Waals surface area contributed by atoms with Crippen LogP contribution in [0, 0.1) is 0 Å². The Bertz CT molecular complexity index is 1840. The minimum Gasteiger partial charge on any atom is -0.490 e. The monoisotopic (exact) mass is 681 g/mol. The number of anilines is 2. The molecule has 8 nitrogen and oxygen atoms in total. The van der Waals surface area contributed by atoms with Gasteiger partial charge in [-0.3, -0.25) is 9.52 Å². The van der Waals surface area contributed by atoms with E-state index in [2.05, 4.69) is 20.1 Å². The smallest absolute Gasteiger partial charge is 0.490 e. The molecule has 0 radical (unpaired) electrons. The lowest BCUT2D eigenvalue weighted by atomic mass is 9.78. The van der Waals surface area contributed by atoms with Gasteiger partial charge in [-0.25, -0.2) is 8.42 Å². The van der Waals surface area contributed by atoms with Gasteiger partial charge in [-0.15, -0.1) is 24.5 Å². The molecule has 0 spiro atoms. The van der Waals surface area contributed by atoms with Crippen molar-refractivity contribution in [2.75, 3.05) is 29.4 Å². The summed E-state index contributed by atoms with van der Waals surface area (Å²) in [6.45, 7) is 5.17. The predicted octanol–water partition coefficient (Wildman–Crippen LogP) is 7.53. The number of amides is 1. The second-order valence-corrected chi connectivity index (χ2v) is 14.6. The maximum atomic E-state index is 13.3. The molecule has 0 unspecified atom stereocenters. The zero-order valence-corrected chi connectivity index (χ0v) is 26.9. The van der Waals surface area contributed by atoms with Gasteiger partial charge < -0.3 is 20.1 Å². The number of ether oxygens (including phenoxy) is 2. The van der Waals surface area contributed by atoms with Crippen molar-refractivity contribution in [3.63, 3.8) is 0 Å². The molecular formula is C31H31ClF3N3O5S2. The molecule has 3 aromatic carbocycles. The topological polar surface area (TPSA) is 106 Å². The lowest BCUT2D eigenvalue weighted by Crippen LogP contribution is -2.34. The van der Waals surface area contributed by atoms with Gasteiger partial charge >= 0.3 is 6.36 Å². The summed E-state index contributed by atoms with van der Waals surface area (Å²) in [5.74, 6) is -0.535. The van der Waals surface area contributed by atoms with Crippen molar-refractivity contribution in [1.29, 1.82) is 0 Å². The Balaban J connectivity index is 1.42. The standard InChI is InChI=1S/C31H31ClF3N3O5S2/c1-30(2,20-14-25(42-24-6-8-36-9-7-24)17-26(15-20)43-31(33,34)35)19-12-21(32)16-23(13-19)37-29(39)28-11-18-10-22(38-45(3,40)41)4-5-27(18)44-28/h4-5,10-17,24,36,38H,6-9H2,1-3H3,(H,37,39). The third-order valence-corrected chi connectivity index (χ3v) is 9.28. The van der Waals surface area contributed by atoms with Crippen molar-refractivity contribution < 1.29 is 35.9 Å². The number of halogens is 4. The molecule has 1 amide bonds. The fraction of sp³-hybridized carbons (Fsp3) is 0.323. The summed E-state index contributed by atoms with van der Waals surface area (Å²) in [4.78, 5) is 13.6. The van der Waals surface area contributed by atoms with E-state index in [1.165, 1.54) is 23.5 Å². The van der Waals surface area contributed by atoms with E-state index in [0.717, 1.165) is 36.9 Å². The minimum absolute atomic E-state index is 0.146. The van der Waals surface area contributed by atoms with Gasteiger partial charge in [0, 0.05) is 32.6 Å². The Morgan fingerprint density at radius 2 is 1.64 bits per heavy atom. The van der Waals surface area contributed by atoms with Crippen LogP contribution in [0.5, 0.6) is 11.5 Å². The van der Waals surface area contributed by atoms with Gasteiger partial charge in [0.05, 0.1) is 11.1 Å². The van der Waals surface area contributed by atoms with Crippen molar-refractivity contribution >= 4 is 60.3 Å². The SMILES string of the molecule is CC(C)(c1cc(Cl)cc(NC(=O)c2cc3cc(NS(C)(=O)=O)ccc3s2)c1)c1cc(OC2CCNCC2)cc(OC(F)(F)F)c1. The molecule has 0 saturated carbocycles. The fourth-order valence-corrected chi connectivity index (χ4v) is 6.84. The summed E-state index contributed by atoms with van der Waals surface area (Å²) in [6, 6.07) is 15.9. The van der Waals surface area contributed by atoms with Crippen LogP contribution in [-0.2, 0) is 15.4 Å². The Labute approximate surface area is 267 Å². The van der Waals surface area contributed by atoms with E-state index in [9.17, 15) is 26.4 Å². The molecule has 1 fully saturated rings. The van der Waals surface area contributed by atoms with E-state index >= 15 is 0 Å². The van der Waals surface area contributed by atoms with Gasteiger partial charge in [-0.1, -0.05) is 25.4 Å². The van der Waals surface area contributed by atoms with E-state index in [1.54, 1.807) is 48.5 Å². The van der Waals surface area contributed by atoms with Crippen LogP contribution in [0.3, 0.4) is 0 Å². The maximum Gasteiger partial charge on any atom is 0.573 e. The number of carbonyl (C=O) groups is 1. The summed E-state index contributed by atoms with van der Waals surface area (Å²) in [6.07, 6.45) is -2.54. The fourth-order valence-electron chi connectivity index (χ4n) is 5.11. The molecule has 14 heteroatoms. The summed E-state index contributed by atoms with van der Waals surface area (Å²) in [7, 11) is -3.46. The van der Waals surface area contributed by atoms with Crippen LogP contribution in [-0.4, -0.2) is 46.1 Å². The van der Waals surface area contributed by atoms with Crippen LogP contribution in [0.1, 0.15) is 47.5 Å². The second kappa shape index (κ2) is 12.7. The molecule has 1 saturated heterocycles. The Morgan fingerprint density at radius 1 is 0.956 bits per heavy atom. The van der Waals surface area contributed by atoms with Crippen LogP contribution in [0.4, 0.5) is 24.5 Å². The number of carbonyl (C=O) groups excluding carboxylic acids is 1. The highest BCUT2D eigenvalue weighted by Gasteiger charge is 2.33. The first-order valence-corrected chi connectivity index (χ1v) is 17.1. The molecule has 0 aliphatic carbocycles. The van der Waals surface area contributed by atoms with E-state index in [-0.39, 0.29) is 11.9 Å². The normalized spacial score (nSPS) is 14.7. The largest absolute Gasteiger partial charge is 0.573 e. The molecule has 45 heavy (non-hydrogen) atoms. The van der Waals surface area contributed by atoms with Crippen molar-refractivity contribution in [3.8, 4) is 11.5 Å². The van der Waals surface area contributed by atoms with Gasteiger partial charge in [0.15, 0.2) is 0 Å². The highest BCUT2D eigenvalue weighted by atomic mass is 35.5. The van der Waals surface area contributed by atoms with Crippen LogP contribution < -0.4 is 24.8 Å². The van der Waals surface area contributed by atoms with Crippen LogP contribution in [0.15, 0.2) is 60.7 Å². The number of nitrogens with one attached hydrogen (secondary N) is 3. The number of thiophene rings is 1. The zero-order valence-electron chi connectivity index (χ0n) is 24.5. The van der Waals surface area contributed by atoms with E-state index < -0.39 is 33.5 Å². The number of fused-ring (bicyclic) bond motifs is 1. The molecule has 240 valence electrons. The zero-order chi connectivity index (χ0) is 32.6. The Kier molecular flexibility index (Phi) is 9.28. The van der Waals surface area contributed by atoms with E-state index in [1.807, 2.05) is 13.8 Å². The van der Waals surface area contributed by atoms with Crippen LogP contribution in [0.25, 0.3) is 10.1 Å². The molecule has 1 aliphatic rings. The van der Waals surface area contributed by atoms with E-state index in [0.29, 0.717) is 37.8 Å². The summed E-state index contributed by atoms with van der Waals surface area (Å²) >= 11 is 7.72. The number of piperidine rings is 1. The van der Waals surface area contributed by atoms with Gasteiger partial charge in [-0.05, 0) is 97.0 Å². The third-order valence-electron chi connectivity index (χ3n) is 7.34. The molecule has 3 N–H and O–H groups in total. The first kappa shape index (κ1) is 32.9. The number of hydrogen-bond acceptors (Lipinski definition) is 7. The molecular weight excluding hydrogens is 651 g/mol. The first-order chi connectivity index (χ1) is 21.0. The Morgan fingerprint density at radius 3 is 2.33 bits per heavy atom. The molecule has 0 atom stereocenters. The van der Waals surface area contributed by atoms with Gasteiger partial charge in [0.1, 0.15) is 17.6 Å². The lowest BCUT2D eigenvalue weighted by molar-refractivity contribution is -0.274. The van der Waals surface area contributed by atoms with Crippen molar-refractivity contribution in [3.05, 3.63) is 81.7 Å². The average molecular weight is 682 g/mol. The molecule has 5 rings (SSSR count). The van der Waals surface area contributed by atoms with Crippen molar-refractivity contribution in [2.24, 2.45) is 0 Å². The number of sulfonamides is 1. The second-order valence-electron chi connectivity index (χ2n) is 11.4. The Hall–Kier alpha value is -3.52. The molecule has 4 aromatic rings. The number of benzene rings is 3. The van der Waals surface area contributed by atoms with Gasteiger partial charge in [0.2, 0.25) is 10.0 Å². The quantitative estimate of drug-likeness (QED) is 0.169. The highest BCUT2D eigenvalue weighted by Crippen LogP contribution is 2.40. The van der Waals surface area contributed by atoms with Crippen LogP contribution >= 0.6 is 22.9 Å². The minimum atomic E-state index is -4.89.